The molecule has 0 aromatic carbocycles. The standard InChI is InChI=1S/C7H9BrN4O3/c8-3-1-12(2-4(9)5(10)13)7(15)11-6(3)14/h1,4H,2,9H2,(H2,10,13)(H,11,14,15). The molecule has 8 heteroatoms. The van der Waals surface area contributed by atoms with E-state index >= 15 is 0 Å². The van der Waals surface area contributed by atoms with E-state index in [1.807, 2.05) is 4.98 Å². The van der Waals surface area contributed by atoms with E-state index in [1.54, 1.807) is 0 Å². The number of hydrogen-bond acceptors (Lipinski definition) is 4. The fraction of sp³-hybridized carbons (Fsp3) is 0.286. The van der Waals surface area contributed by atoms with Gasteiger partial charge in [0, 0.05) is 6.20 Å². The van der Waals surface area contributed by atoms with Crippen LogP contribution in [0.15, 0.2) is 20.3 Å². The summed E-state index contributed by atoms with van der Waals surface area (Å²) >= 11 is 2.95. The molecule has 1 unspecified atom stereocenters. The van der Waals surface area contributed by atoms with Gasteiger partial charge in [-0.05, 0) is 15.9 Å². The summed E-state index contributed by atoms with van der Waals surface area (Å²) in [6, 6.07) is -0.972. The van der Waals surface area contributed by atoms with Gasteiger partial charge in [0.05, 0.1) is 11.0 Å². The SMILES string of the molecule is NC(=O)C(N)Cn1cc(Br)c(=O)[nH]c1=O. The first-order valence-electron chi connectivity index (χ1n) is 3.96. The molecule has 7 nitrogen and oxygen atoms in total. The highest BCUT2D eigenvalue weighted by atomic mass is 79.9. The van der Waals surface area contributed by atoms with Gasteiger partial charge in [0.15, 0.2) is 0 Å². The van der Waals surface area contributed by atoms with Crippen molar-refractivity contribution in [1.82, 2.24) is 9.55 Å². The van der Waals surface area contributed by atoms with E-state index in [0.29, 0.717) is 0 Å². The quantitative estimate of drug-likeness (QED) is 0.597. The maximum absolute atomic E-state index is 11.2. The number of carbonyl (C=O) groups excluding carboxylic acids is 1. The summed E-state index contributed by atoms with van der Waals surface area (Å²) in [6.45, 7) is -0.0798. The average Bonchev–Trinajstić information content (AvgIpc) is 2.13. The molecule has 1 aromatic rings. The largest absolute Gasteiger partial charge is 0.368 e. The van der Waals surface area contributed by atoms with Crippen molar-refractivity contribution in [3.63, 3.8) is 0 Å². The second-order valence-electron chi connectivity index (χ2n) is 2.90. The van der Waals surface area contributed by atoms with Crippen molar-refractivity contribution in [3.8, 4) is 0 Å². The Bertz CT molecular complexity index is 492. The fourth-order valence-corrected chi connectivity index (χ4v) is 1.27. The number of halogens is 1. The third-order valence-corrected chi connectivity index (χ3v) is 2.29. The molecule has 1 atom stereocenters. The number of nitrogens with zero attached hydrogens (tertiary/aromatic N) is 1. The number of nitrogens with two attached hydrogens (primary N) is 2. The summed E-state index contributed by atoms with van der Waals surface area (Å²) in [5.74, 6) is -0.718. The van der Waals surface area contributed by atoms with Crippen molar-refractivity contribution >= 4 is 21.8 Å². The molecule has 0 saturated heterocycles. The minimum absolute atomic E-state index is 0.0798. The fourth-order valence-electron chi connectivity index (χ4n) is 0.920. The van der Waals surface area contributed by atoms with Crippen LogP contribution in [0.2, 0.25) is 0 Å². The first-order chi connectivity index (χ1) is 6.91. The molecular formula is C7H9BrN4O3. The molecule has 82 valence electrons. The zero-order chi connectivity index (χ0) is 11.6. The number of hydrogen-bond donors (Lipinski definition) is 3. The van der Waals surface area contributed by atoms with Gasteiger partial charge in [-0.25, -0.2) is 4.79 Å². The van der Waals surface area contributed by atoms with Gasteiger partial charge in [0.25, 0.3) is 5.56 Å². The molecule has 1 aromatic heterocycles. The third-order valence-electron chi connectivity index (χ3n) is 1.73. The van der Waals surface area contributed by atoms with Crippen molar-refractivity contribution in [2.24, 2.45) is 11.5 Å². The van der Waals surface area contributed by atoms with E-state index in [-0.39, 0.29) is 11.0 Å². The Morgan fingerprint density at radius 2 is 2.20 bits per heavy atom. The minimum atomic E-state index is -0.972. The number of aromatic amines is 1. The molecule has 1 rings (SSSR count). The second-order valence-corrected chi connectivity index (χ2v) is 3.75. The van der Waals surface area contributed by atoms with Gasteiger partial charge in [-0.15, -0.1) is 0 Å². The van der Waals surface area contributed by atoms with Crippen molar-refractivity contribution in [1.29, 1.82) is 0 Å². The van der Waals surface area contributed by atoms with Crippen molar-refractivity contribution < 1.29 is 4.79 Å². The summed E-state index contributed by atoms with van der Waals surface area (Å²) in [5, 5.41) is 0. The Morgan fingerprint density at radius 3 is 2.73 bits per heavy atom. The average molecular weight is 277 g/mol. The molecule has 0 saturated carbocycles. The predicted molar refractivity (Wildman–Crippen MR) is 56.2 cm³/mol. The van der Waals surface area contributed by atoms with E-state index in [4.69, 9.17) is 11.5 Å². The molecular weight excluding hydrogens is 268 g/mol. The highest BCUT2D eigenvalue weighted by Crippen LogP contribution is 1.98. The first kappa shape index (κ1) is 11.7. The monoisotopic (exact) mass is 276 g/mol. The maximum Gasteiger partial charge on any atom is 0.328 e. The minimum Gasteiger partial charge on any atom is -0.368 e. The summed E-state index contributed by atoms with van der Waals surface area (Å²) in [6.07, 6.45) is 1.25. The lowest BCUT2D eigenvalue weighted by molar-refractivity contribution is -0.119. The number of primary amides is 1. The topological polar surface area (TPSA) is 124 Å². The third kappa shape index (κ3) is 2.77. The van der Waals surface area contributed by atoms with Crippen LogP contribution >= 0.6 is 15.9 Å². The van der Waals surface area contributed by atoms with Crippen molar-refractivity contribution in [2.75, 3.05) is 0 Å². The van der Waals surface area contributed by atoms with Crippen LogP contribution in [0.5, 0.6) is 0 Å². The Kier molecular flexibility index (Phi) is 3.43. The lowest BCUT2D eigenvalue weighted by Crippen LogP contribution is -2.43. The molecule has 0 bridgehead atoms. The van der Waals surface area contributed by atoms with Gasteiger partial charge in [0.1, 0.15) is 6.04 Å². The number of H-pyrrole nitrogens is 1. The van der Waals surface area contributed by atoms with E-state index in [9.17, 15) is 14.4 Å². The Hall–Kier alpha value is -1.41. The van der Waals surface area contributed by atoms with Gasteiger partial charge in [0.2, 0.25) is 5.91 Å². The molecule has 0 aliphatic heterocycles. The Morgan fingerprint density at radius 1 is 1.60 bits per heavy atom. The smallest absolute Gasteiger partial charge is 0.328 e. The molecule has 1 heterocycles. The van der Waals surface area contributed by atoms with Crippen LogP contribution in [0.4, 0.5) is 0 Å². The zero-order valence-electron chi connectivity index (χ0n) is 7.57. The van der Waals surface area contributed by atoms with E-state index in [1.165, 1.54) is 6.20 Å². The normalized spacial score (nSPS) is 12.4. The summed E-state index contributed by atoms with van der Waals surface area (Å²) < 4.78 is 1.28. The highest BCUT2D eigenvalue weighted by molar-refractivity contribution is 9.10. The van der Waals surface area contributed by atoms with Crippen molar-refractivity contribution in [3.05, 3.63) is 31.5 Å². The number of carbonyl (C=O) groups is 1. The van der Waals surface area contributed by atoms with Crippen LogP contribution < -0.4 is 22.7 Å². The van der Waals surface area contributed by atoms with Crippen LogP contribution in [0.25, 0.3) is 0 Å². The number of rotatable bonds is 3. The molecule has 0 aliphatic rings. The molecule has 5 N–H and O–H groups in total. The molecule has 0 aliphatic carbocycles. The molecule has 1 amide bonds. The van der Waals surface area contributed by atoms with Crippen LogP contribution in [0.1, 0.15) is 0 Å². The number of aromatic nitrogens is 2. The predicted octanol–water partition coefficient (Wildman–Crippen LogP) is -1.89. The molecule has 0 spiro atoms. The molecule has 15 heavy (non-hydrogen) atoms. The molecule has 0 fully saturated rings. The van der Waals surface area contributed by atoms with Crippen LogP contribution in [0, 0.1) is 0 Å². The summed E-state index contributed by atoms with van der Waals surface area (Å²) in [7, 11) is 0. The van der Waals surface area contributed by atoms with Gasteiger partial charge in [-0.2, -0.15) is 0 Å². The Balaban J connectivity index is 3.06. The van der Waals surface area contributed by atoms with Crippen LogP contribution in [-0.4, -0.2) is 21.5 Å². The highest BCUT2D eigenvalue weighted by Gasteiger charge is 2.11. The van der Waals surface area contributed by atoms with Gasteiger partial charge >= 0.3 is 5.69 Å². The number of nitrogens with one attached hydrogen (secondary N) is 1. The van der Waals surface area contributed by atoms with Crippen LogP contribution in [0.3, 0.4) is 0 Å². The van der Waals surface area contributed by atoms with E-state index < -0.39 is 23.2 Å². The van der Waals surface area contributed by atoms with Gasteiger partial charge in [-0.3, -0.25) is 19.1 Å². The maximum atomic E-state index is 11.2. The first-order valence-corrected chi connectivity index (χ1v) is 4.75. The van der Waals surface area contributed by atoms with Crippen molar-refractivity contribution in [2.45, 2.75) is 12.6 Å². The number of amides is 1. The zero-order valence-corrected chi connectivity index (χ0v) is 9.15. The Labute approximate surface area is 92.2 Å². The lowest BCUT2D eigenvalue weighted by Gasteiger charge is -2.09. The summed E-state index contributed by atoms with van der Waals surface area (Å²) in [5.41, 5.74) is 9.13. The van der Waals surface area contributed by atoms with Crippen LogP contribution in [-0.2, 0) is 11.3 Å². The van der Waals surface area contributed by atoms with Gasteiger partial charge in [-0.1, -0.05) is 0 Å². The second kappa shape index (κ2) is 4.41. The summed E-state index contributed by atoms with van der Waals surface area (Å²) in [4.78, 5) is 34.9. The lowest BCUT2D eigenvalue weighted by atomic mass is 10.3. The molecule has 0 radical (unpaired) electrons. The van der Waals surface area contributed by atoms with Gasteiger partial charge < -0.3 is 11.5 Å². The van der Waals surface area contributed by atoms with E-state index in [2.05, 4.69) is 15.9 Å². The van der Waals surface area contributed by atoms with E-state index in [0.717, 1.165) is 4.57 Å².